The highest BCUT2D eigenvalue weighted by molar-refractivity contribution is 5.72. The molecule has 19 heavy (non-hydrogen) atoms. The Bertz CT molecular complexity index is 588. The average molecular weight is 259 g/mol. The number of nitrogens with two attached hydrogens (primary N) is 1. The van der Waals surface area contributed by atoms with Gasteiger partial charge in [0.15, 0.2) is 5.82 Å². The van der Waals surface area contributed by atoms with E-state index in [2.05, 4.69) is 15.5 Å². The zero-order valence-corrected chi connectivity index (χ0v) is 11.1. The van der Waals surface area contributed by atoms with Crippen LogP contribution in [0.5, 0.6) is 0 Å². The van der Waals surface area contributed by atoms with Gasteiger partial charge in [-0.1, -0.05) is 11.6 Å². The highest BCUT2D eigenvalue weighted by Gasteiger charge is 2.33. The van der Waals surface area contributed by atoms with Gasteiger partial charge >= 0.3 is 0 Å². The van der Waals surface area contributed by atoms with E-state index in [0.717, 1.165) is 29.8 Å². The fraction of sp³-hybridized carbons (Fsp3) is 0.462. The van der Waals surface area contributed by atoms with Crippen LogP contribution in [0, 0.1) is 6.92 Å². The number of hydrogen-bond donors (Lipinski definition) is 1. The van der Waals surface area contributed by atoms with E-state index in [1.807, 2.05) is 29.8 Å². The van der Waals surface area contributed by atoms with Crippen LogP contribution in [-0.4, -0.2) is 33.4 Å². The maximum atomic E-state index is 6.03. The smallest absolute Gasteiger partial charge is 0.184 e. The highest BCUT2D eigenvalue weighted by atomic mass is 16.5. The minimum atomic E-state index is 0.301. The van der Waals surface area contributed by atoms with Gasteiger partial charge in [-0.3, -0.25) is 0 Å². The molecule has 1 heterocycles. The Morgan fingerprint density at radius 1 is 1.37 bits per heavy atom. The first kappa shape index (κ1) is 12.1. The van der Waals surface area contributed by atoms with Crippen LogP contribution < -0.4 is 5.73 Å². The van der Waals surface area contributed by atoms with E-state index in [1.165, 1.54) is 0 Å². The topological polar surface area (TPSA) is 78.8 Å². The van der Waals surface area contributed by atoms with Crippen molar-refractivity contribution < 1.29 is 4.74 Å². The van der Waals surface area contributed by atoms with Crippen molar-refractivity contribution in [3.8, 4) is 11.4 Å². The molecular formula is C13H17N5O. The van der Waals surface area contributed by atoms with Crippen molar-refractivity contribution in [2.45, 2.75) is 31.9 Å². The van der Waals surface area contributed by atoms with E-state index in [0.29, 0.717) is 17.8 Å². The maximum absolute atomic E-state index is 6.03. The molecule has 1 saturated carbocycles. The number of nitrogens with zero attached hydrogens (tertiary/aromatic N) is 4. The third kappa shape index (κ3) is 2.08. The molecule has 3 rings (SSSR count). The summed E-state index contributed by atoms with van der Waals surface area (Å²) >= 11 is 0. The largest absolute Gasteiger partial charge is 0.398 e. The first-order valence-corrected chi connectivity index (χ1v) is 6.36. The molecule has 0 bridgehead atoms. The number of rotatable bonds is 3. The Kier molecular flexibility index (Phi) is 2.94. The van der Waals surface area contributed by atoms with Crippen molar-refractivity contribution in [3.05, 3.63) is 23.8 Å². The van der Waals surface area contributed by atoms with Crippen LogP contribution in [0.3, 0.4) is 0 Å². The van der Waals surface area contributed by atoms with Gasteiger partial charge in [0, 0.05) is 18.4 Å². The first-order chi connectivity index (χ1) is 9.19. The summed E-state index contributed by atoms with van der Waals surface area (Å²) in [5.41, 5.74) is 8.76. The lowest BCUT2D eigenvalue weighted by atomic mass is 9.89. The number of methoxy groups -OCH3 is 1. The number of aromatic nitrogens is 4. The van der Waals surface area contributed by atoms with Gasteiger partial charge in [0.2, 0.25) is 0 Å². The molecule has 2 aromatic rings. The fourth-order valence-corrected chi connectivity index (χ4v) is 2.41. The number of hydrogen-bond acceptors (Lipinski definition) is 5. The van der Waals surface area contributed by atoms with E-state index < -0.39 is 0 Å². The molecule has 0 aliphatic heterocycles. The van der Waals surface area contributed by atoms with Crippen LogP contribution in [0.1, 0.15) is 24.4 Å². The van der Waals surface area contributed by atoms with Crippen LogP contribution in [0.25, 0.3) is 11.4 Å². The Morgan fingerprint density at radius 2 is 2.16 bits per heavy atom. The number of anilines is 1. The summed E-state index contributed by atoms with van der Waals surface area (Å²) in [5, 5.41) is 12.0. The third-order valence-corrected chi connectivity index (χ3v) is 3.69. The monoisotopic (exact) mass is 259 g/mol. The molecule has 1 fully saturated rings. The molecule has 1 aliphatic carbocycles. The minimum absolute atomic E-state index is 0.301. The Labute approximate surface area is 111 Å². The average Bonchev–Trinajstić information content (AvgIpc) is 2.80. The van der Waals surface area contributed by atoms with E-state index in [4.69, 9.17) is 10.5 Å². The molecule has 6 nitrogen and oxygen atoms in total. The summed E-state index contributed by atoms with van der Waals surface area (Å²) in [4.78, 5) is 0. The van der Waals surface area contributed by atoms with Crippen LogP contribution in [0.4, 0.5) is 5.69 Å². The van der Waals surface area contributed by atoms with Gasteiger partial charge < -0.3 is 10.5 Å². The van der Waals surface area contributed by atoms with Crippen molar-refractivity contribution in [1.29, 1.82) is 0 Å². The second-order valence-corrected chi connectivity index (χ2v) is 5.02. The minimum Gasteiger partial charge on any atom is -0.398 e. The molecule has 6 heteroatoms. The van der Waals surface area contributed by atoms with Crippen molar-refractivity contribution in [2.24, 2.45) is 0 Å². The van der Waals surface area contributed by atoms with Crippen LogP contribution >= 0.6 is 0 Å². The molecular weight excluding hydrogens is 242 g/mol. The van der Waals surface area contributed by atoms with Crippen molar-refractivity contribution in [2.75, 3.05) is 12.8 Å². The normalized spacial score (nSPS) is 22.2. The fourth-order valence-electron chi connectivity index (χ4n) is 2.41. The molecule has 1 aliphatic rings. The standard InChI is InChI=1S/C13H17N5O/c1-8-3-4-12(14)11(5-8)13-15-16-17-18(13)9-6-10(7-9)19-2/h3-5,9-10H,6-7,14H2,1-2H3. The summed E-state index contributed by atoms with van der Waals surface area (Å²) in [6.07, 6.45) is 2.21. The summed E-state index contributed by atoms with van der Waals surface area (Å²) in [7, 11) is 1.74. The molecule has 1 aromatic heterocycles. The molecule has 0 spiro atoms. The van der Waals surface area contributed by atoms with Gasteiger partial charge in [-0.15, -0.1) is 5.10 Å². The summed E-state index contributed by atoms with van der Waals surface area (Å²) in [6.45, 7) is 2.03. The van der Waals surface area contributed by atoms with Gasteiger partial charge in [0.05, 0.1) is 12.1 Å². The zero-order valence-electron chi connectivity index (χ0n) is 11.1. The lowest BCUT2D eigenvalue weighted by molar-refractivity contribution is 0.00248. The third-order valence-electron chi connectivity index (χ3n) is 3.69. The molecule has 0 saturated heterocycles. The molecule has 2 N–H and O–H groups in total. The zero-order chi connectivity index (χ0) is 13.4. The summed E-state index contributed by atoms with van der Waals surface area (Å²) in [5.74, 6) is 0.737. The maximum Gasteiger partial charge on any atom is 0.184 e. The van der Waals surface area contributed by atoms with Crippen molar-refractivity contribution in [1.82, 2.24) is 20.2 Å². The van der Waals surface area contributed by atoms with Crippen LogP contribution in [0.2, 0.25) is 0 Å². The molecule has 0 unspecified atom stereocenters. The van der Waals surface area contributed by atoms with Crippen LogP contribution in [0.15, 0.2) is 18.2 Å². The first-order valence-electron chi connectivity index (χ1n) is 6.36. The van der Waals surface area contributed by atoms with Gasteiger partial charge in [-0.25, -0.2) is 4.68 Å². The van der Waals surface area contributed by atoms with Gasteiger partial charge in [0.1, 0.15) is 0 Å². The summed E-state index contributed by atoms with van der Waals surface area (Å²) in [6, 6.07) is 6.19. The predicted octanol–water partition coefficient (Wildman–Crippen LogP) is 1.58. The Hall–Kier alpha value is -1.95. The second kappa shape index (κ2) is 4.62. The molecule has 0 atom stereocenters. The van der Waals surface area contributed by atoms with Crippen LogP contribution in [-0.2, 0) is 4.74 Å². The number of aryl methyl sites for hydroxylation is 1. The van der Waals surface area contributed by atoms with Gasteiger partial charge in [0.25, 0.3) is 0 Å². The highest BCUT2D eigenvalue weighted by Crippen LogP contribution is 2.36. The summed E-state index contributed by atoms with van der Waals surface area (Å²) < 4.78 is 7.16. The van der Waals surface area contributed by atoms with Crippen molar-refractivity contribution >= 4 is 5.69 Å². The van der Waals surface area contributed by atoms with Crippen molar-refractivity contribution in [3.63, 3.8) is 0 Å². The van der Waals surface area contributed by atoms with E-state index in [1.54, 1.807) is 7.11 Å². The number of benzene rings is 1. The van der Waals surface area contributed by atoms with E-state index in [9.17, 15) is 0 Å². The molecule has 0 amide bonds. The van der Waals surface area contributed by atoms with E-state index in [-0.39, 0.29) is 0 Å². The molecule has 0 radical (unpaired) electrons. The number of nitrogen functional groups attached to an aromatic ring is 1. The molecule has 100 valence electrons. The lowest BCUT2D eigenvalue weighted by Gasteiger charge is -2.34. The lowest BCUT2D eigenvalue weighted by Crippen LogP contribution is -2.33. The van der Waals surface area contributed by atoms with Gasteiger partial charge in [-0.05, 0) is 42.3 Å². The second-order valence-electron chi connectivity index (χ2n) is 5.02. The Balaban J connectivity index is 1.94. The number of tetrazole rings is 1. The quantitative estimate of drug-likeness (QED) is 0.847. The number of ether oxygens (including phenoxy) is 1. The Morgan fingerprint density at radius 3 is 2.89 bits per heavy atom. The predicted molar refractivity (Wildman–Crippen MR) is 71.5 cm³/mol. The SMILES string of the molecule is COC1CC(n2nnnc2-c2cc(C)ccc2N)C1. The van der Waals surface area contributed by atoms with E-state index >= 15 is 0 Å². The van der Waals surface area contributed by atoms with Gasteiger partial charge in [-0.2, -0.15) is 0 Å². The molecule has 1 aromatic carbocycles.